The molecule has 1 saturated carbocycles. The summed E-state index contributed by atoms with van der Waals surface area (Å²) >= 11 is 0. The van der Waals surface area contributed by atoms with Gasteiger partial charge in [-0.1, -0.05) is 19.3 Å². The first-order valence-corrected chi connectivity index (χ1v) is 11.4. The number of hydrazine groups is 1. The van der Waals surface area contributed by atoms with Crippen LogP contribution >= 0.6 is 0 Å². The van der Waals surface area contributed by atoms with E-state index >= 15 is 0 Å². The van der Waals surface area contributed by atoms with E-state index in [1.807, 2.05) is 6.07 Å². The molecule has 28 heavy (non-hydrogen) atoms. The summed E-state index contributed by atoms with van der Waals surface area (Å²) in [7, 11) is 0. The van der Waals surface area contributed by atoms with Crippen LogP contribution in [0.4, 0.5) is 11.5 Å². The lowest BCUT2D eigenvalue weighted by atomic mass is 9.98. The van der Waals surface area contributed by atoms with Gasteiger partial charge < -0.3 is 15.1 Å². The molecule has 3 aliphatic rings. The molecule has 156 valence electrons. The highest BCUT2D eigenvalue weighted by Gasteiger charge is 2.30. The molecule has 0 spiro atoms. The predicted octanol–water partition coefficient (Wildman–Crippen LogP) is 3.84. The number of pyridine rings is 1. The summed E-state index contributed by atoms with van der Waals surface area (Å²) in [6.07, 6.45) is 13.1. The Morgan fingerprint density at radius 2 is 1.71 bits per heavy atom. The standard InChI is InChI=1S/C22H37N5O/c1-17-20(25-23)15-21(28-19-9-5-4-6-10-19)24-22(17)27-14-11-18(16-27)26-12-7-2-3-8-13-26/h15,18-19H,2-14,16,23H2,1H3,(H,24,25). The van der Waals surface area contributed by atoms with Crippen molar-refractivity contribution in [1.82, 2.24) is 9.88 Å². The van der Waals surface area contributed by atoms with E-state index in [4.69, 9.17) is 15.6 Å². The zero-order valence-corrected chi connectivity index (χ0v) is 17.5. The van der Waals surface area contributed by atoms with Gasteiger partial charge in [0.2, 0.25) is 5.88 Å². The highest BCUT2D eigenvalue weighted by molar-refractivity contribution is 5.64. The number of hydrogen-bond acceptors (Lipinski definition) is 6. The number of aromatic nitrogens is 1. The van der Waals surface area contributed by atoms with E-state index in [0.29, 0.717) is 12.1 Å². The van der Waals surface area contributed by atoms with Gasteiger partial charge >= 0.3 is 0 Å². The molecular formula is C22H37N5O. The van der Waals surface area contributed by atoms with E-state index in [1.54, 1.807) is 0 Å². The molecule has 0 amide bonds. The van der Waals surface area contributed by atoms with Gasteiger partial charge in [0, 0.05) is 30.8 Å². The number of rotatable bonds is 5. The number of ether oxygens (including phenoxy) is 1. The van der Waals surface area contributed by atoms with Gasteiger partial charge in [-0.2, -0.15) is 4.98 Å². The van der Waals surface area contributed by atoms with Gasteiger partial charge in [0.25, 0.3) is 0 Å². The minimum atomic E-state index is 0.297. The number of nitrogens with zero attached hydrogens (tertiary/aromatic N) is 3. The first kappa shape index (κ1) is 19.8. The molecule has 1 aromatic rings. The number of likely N-dealkylation sites (tertiary alicyclic amines) is 1. The van der Waals surface area contributed by atoms with Crippen LogP contribution in [0.2, 0.25) is 0 Å². The van der Waals surface area contributed by atoms with E-state index < -0.39 is 0 Å². The molecule has 3 N–H and O–H groups in total. The third-order valence-electron chi connectivity index (χ3n) is 6.84. The first-order chi connectivity index (χ1) is 13.7. The molecule has 0 bridgehead atoms. The van der Waals surface area contributed by atoms with Gasteiger partial charge in [-0.05, 0) is 65.0 Å². The Bertz CT molecular complexity index is 638. The third kappa shape index (κ3) is 4.54. The summed E-state index contributed by atoms with van der Waals surface area (Å²) in [6, 6.07) is 2.62. The zero-order chi connectivity index (χ0) is 19.3. The fraction of sp³-hybridized carbons (Fsp3) is 0.773. The first-order valence-electron chi connectivity index (χ1n) is 11.4. The van der Waals surface area contributed by atoms with Crippen molar-refractivity contribution < 1.29 is 4.74 Å². The van der Waals surface area contributed by atoms with E-state index in [1.165, 1.54) is 64.5 Å². The lowest BCUT2D eigenvalue weighted by Gasteiger charge is -2.28. The molecule has 6 nitrogen and oxygen atoms in total. The van der Waals surface area contributed by atoms with Gasteiger partial charge in [0.1, 0.15) is 11.9 Å². The van der Waals surface area contributed by atoms with Crippen molar-refractivity contribution in [3.05, 3.63) is 11.6 Å². The molecule has 6 heteroatoms. The lowest BCUT2D eigenvalue weighted by Crippen LogP contribution is -2.38. The Morgan fingerprint density at radius 3 is 2.43 bits per heavy atom. The molecule has 4 rings (SSSR count). The quantitative estimate of drug-likeness (QED) is 0.591. The minimum Gasteiger partial charge on any atom is -0.474 e. The molecule has 3 fully saturated rings. The van der Waals surface area contributed by atoms with Gasteiger partial charge in [-0.25, -0.2) is 0 Å². The molecule has 1 aliphatic carbocycles. The minimum absolute atomic E-state index is 0.297. The van der Waals surface area contributed by atoms with Crippen LogP contribution in [-0.4, -0.2) is 48.2 Å². The molecule has 1 atom stereocenters. The molecule has 1 aromatic heterocycles. The zero-order valence-electron chi connectivity index (χ0n) is 17.5. The van der Waals surface area contributed by atoms with Crippen LogP contribution in [0.15, 0.2) is 6.07 Å². The monoisotopic (exact) mass is 387 g/mol. The molecule has 2 saturated heterocycles. The van der Waals surface area contributed by atoms with Crippen molar-refractivity contribution in [2.75, 3.05) is 36.5 Å². The van der Waals surface area contributed by atoms with E-state index in [9.17, 15) is 0 Å². The van der Waals surface area contributed by atoms with Crippen LogP contribution in [-0.2, 0) is 0 Å². The fourth-order valence-corrected chi connectivity index (χ4v) is 5.14. The lowest BCUT2D eigenvalue weighted by molar-refractivity contribution is 0.149. The molecule has 3 heterocycles. The average Bonchev–Trinajstić information content (AvgIpc) is 3.05. The maximum Gasteiger partial charge on any atom is 0.217 e. The van der Waals surface area contributed by atoms with Crippen LogP contribution in [0.3, 0.4) is 0 Å². The van der Waals surface area contributed by atoms with E-state index in [0.717, 1.165) is 48.9 Å². The largest absolute Gasteiger partial charge is 0.474 e. The van der Waals surface area contributed by atoms with E-state index in [-0.39, 0.29) is 0 Å². The Labute approximate surface area is 169 Å². The van der Waals surface area contributed by atoms with Crippen molar-refractivity contribution in [2.45, 2.75) is 83.3 Å². The predicted molar refractivity (Wildman–Crippen MR) is 115 cm³/mol. The summed E-state index contributed by atoms with van der Waals surface area (Å²) in [5.74, 6) is 7.58. The van der Waals surface area contributed by atoms with Crippen molar-refractivity contribution in [2.24, 2.45) is 5.84 Å². The number of anilines is 2. The van der Waals surface area contributed by atoms with Gasteiger partial charge in [0.05, 0.1) is 5.69 Å². The Hall–Kier alpha value is -1.53. The molecular weight excluding hydrogens is 350 g/mol. The smallest absolute Gasteiger partial charge is 0.217 e. The fourth-order valence-electron chi connectivity index (χ4n) is 5.14. The Morgan fingerprint density at radius 1 is 1.00 bits per heavy atom. The van der Waals surface area contributed by atoms with Crippen LogP contribution in [0, 0.1) is 6.92 Å². The van der Waals surface area contributed by atoms with Crippen molar-refractivity contribution in [1.29, 1.82) is 0 Å². The van der Waals surface area contributed by atoms with Gasteiger partial charge in [-0.3, -0.25) is 10.7 Å². The van der Waals surface area contributed by atoms with Gasteiger partial charge in [-0.15, -0.1) is 0 Å². The number of nitrogens with two attached hydrogens (primary N) is 1. The van der Waals surface area contributed by atoms with Crippen LogP contribution in [0.5, 0.6) is 5.88 Å². The van der Waals surface area contributed by atoms with Crippen molar-refractivity contribution in [3.63, 3.8) is 0 Å². The second-order valence-electron chi connectivity index (χ2n) is 8.82. The Kier molecular flexibility index (Phi) is 6.58. The molecule has 0 aromatic carbocycles. The maximum absolute atomic E-state index is 6.27. The number of hydrogen-bond donors (Lipinski definition) is 2. The van der Waals surface area contributed by atoms with Crippen molar-refractivity contribution >= 4 is 11.5 Å². The normalized spacial score (nSPS) is 24.9. The SMILES string of the molecule is Cc1c(NN)cc(OC2CCCCC2)nc1N1CCC(N2CCCCCC2)C1. The summed E-state index contributed by atoms with van der Waals surface area (Å²) in [5.41, 5.74) is 4.91. The van der Waals surface area contributed by atoms with Crippen LogP contribution in [0.25, 0.3) is 0 Å². The summed E-state index contributed by atoms with van der Waals surface area (Å²) < 4.78 is 6.27. The van der Waals surface area contributed by atoms with Crippen LogP contribution in [0.1, 0.15) is 69.8 Å². The van der Waals surface area contributed by atoms with Crippen LogP contribution < -0.4 is 20.9 Å². The Balaban J connectivity index is 1.48. The average molecular weight is 388 g/mol. The van der Waals surface area contributed by atoms with Crippen molar-refractivity contribution in [3.8, 4) is 5.88 Å². The molecule has 2 aliphatic heterocycles. The summed E-state index contributed by atoms with van der Waals surface area (Å²) in [5, 5.41) is 0. The topological polar surface area (TPSA) is 66.7 Å². The molecule has 1 unspecified atom stereocenters. The highest BCUT2D eigenvalue weighted by Crippen LogP contribution is 2.33. The van der Waals surface area contributed by atoms with Gasteiger partial charge in [0.15, 0.2) is 0 Å². The number of nitrogens with one attached hydrogen (secondary N) is 1. The second kappa shape index (κ2) is 9.31. The molecule has 0 radical (unpaired) electrons. The van der Waals surface area contributed by atoms with E-state index in [2.05, 4.69) is 22.1 Å². The third-order valence-corrected chi connectivity index (χ3v) is 6.84. The highest BCUT2D eigenvalue weighted by atomic mass is 16.5. The summed E-state index contributed by atoms with van der Waals surface area (Å²) in [4.78, 5) is 10.1. The summed E-state index contributed by atoms with van der Waals surface area (Å²) in [6.45, 7) is 6.74. The number of nitrogen functional groups attached to an aromatic ring is 1. The maximum atomic E-state index is 6.27. The second-order valence-corrected chi connectivity index (χ2v) is 8.82.